The van der Waals surface area contributed by atoms with Gasteiger partial charge in [0.25, 0.3) is 5.91 Å². The lowest BCUT2D eigenvalue weighted by Gasteiger charge is -2.22. The molecule has 0 unspecified atom stereocenters. The molecule has 0 bridgehead atoms. The van der Waals surface area contributed by atoms with Crippen LogP contribution < -0.4 is 10.3 Å². The van der Waals surface area contributed by atoms with E-state index < -0.39 is 0 Å². The highest BCUT2D eigenvalue weighted by atomic mass is 35.5. The van der Waals surface area contributed by atoms with Crippen LogP contribution in [-0.4, -0.2) is 42.0 Å². The van der Waals surface area contributed by atoms with Crippen LogP contribution >= 0.6 is 23.2 Å². The van der Waals surface area contributed by atoms with Gasteiger partial charge >= 0.3 is 0 Å². The average Bonchev–Trinajstić information content (AvgIpc) is 2.63. The summed E-state index contributed by atoms with van der Waals surface area (Å²) in [5, 5.41) is 3.96. The predicted octanol–water partition coefficient (Wildman–Crippen LogP) is 3.13. The van der Waals surface area contributed by atoms with Crippen molar-refractivity contribution in [2.24, 2.45) is 5.10 Å². The standard InChI is InChI=1S/C17H18Cl2N4O/c18-7-11-23(12-8-19)16-3-1-14(2-4-16)13-21-22-17(24)15-5-9-20-10-6-15/h1-6,9-10,13H,7-8,11-12H2,(H,22,24)/b21-13-. The number of alkyl halides is 2. The molecule has 1 aromatic heterocycles. The van der Waals surface area contributed by atoms with Crippen molar-refractivity contribution in [2.75, 3.05) is 29.7 Å². The molecular formula is C17H18Cl2N4O. The molecule has 2 rings (SSSR count). The van der Waals surface area contributed by atoms with E-state index >= 15 is 0 Å². The highest BCUT2D eigenvalue weighted by molar-refractivity contribution is 6.18. The van der Waals surface area contributed by atoms with Crippen molar-refractivity contribution >= 4 is 41.0 Å². The lowest BCUT2D eigenvalue weighted by Crippen LogP contribution is -2.27. The number of nitrogens with zero attached hydrogens (tertiary/aromatic N) is 3. The molecule has 0 fully saturated rings. The van der Waals surface area contributed by atoms with Gasteiger partial charge in [0, 0.05) is 48.5 Å². The summed E-state index contributed by atoms with van der Waals surface area (Å²) in [6.45, 7) is 1.48. The predicted molar refractivity (Wildman–Crippen MR) is 99.4 cm³/mol. The monoisotopic (exact) mass is 364 g/mol. The minimum atomic E-state index is -0.277. The number of hydrogen-bond donors (Lipinski definition) is 1. The number of anilines is 1. The Morgan fingerprint density at radius 3 is 2.29 bits per heavy atom. The third-order valence-electron chi connectivity index (χ3n) is 3.29. The van der Waals surface area contributed by atoms with Crippen LogP contribution in [0.25, 0.3) is 0 Å². The number of hydrazone groups is 1. The number of pyridine rings is 1. The van der Waals surface area contributed by atoms with E-state index in [1.165, 1.54) is 0 Å². The van der Waals surface area contributed by atoms with E-state index in [1.807, 2.05) is 24.3 Å². The maximum Gasteiger partial charge on any atom is 0.271 e. The molecule has 0 radical (unpaired) electrons. The van der Waals surface area contributed by atoms with Gasteiger partial charge in [-0.1, -0.05) is 12.1 Å². The van der Waals surface area contributed by atoms with Crippen molar-refractivity contribution in [3.05, 3.63) is 59.9 Å². The number of carbonyl (C=O) groups is 1. The van der Waals surface area contributed by atoms with Gasteiger partial charge in [-0.05, 0) is 29.8 Å². The molecule has 1 amide bonds. The van der Waals surface area contributed by atoms with E-state index in [0.29, 0.717) is 17.3 Å². The van der Waals surface area contributed by atoms with Crippen LogP contribution in [0.2, 0.25) is 0 Å². The topological polar surface area (TPSA) is 57.6 Å². The second-order valence-corrected chi connectivity index (χ2v) is 5.65. The third kappa shape index (κ3) is 5.51. The van der Waals surface area contributed by atoms with Gasteiger partial charge in [0.05, 0.1) is 6.21 Å². The first-order valence-corrected chi connectivity index (χ1v) is 8.52. The SMILES string of the molecule is O=C(N/N=C\c1ccc(N(CCCl)CCCl)cc1)c1ccncc1. The van der Waals surface area contributed by atoms with Crippen LogP contribution in [0, 0.1) is 0 Å². The van der Waals surface area contributed by atoms with Gasteiger partial charge in [0.15, 0.2) is 0 Å². The fourth-order valence-corrected chi connectivity index (χ4v) is 2.49. The number of benzene rings is 1. The summed E-state index contributed by atoms with van der Waals surface area (Å²) in [7, 11) is 0. The van der Waals surface area contributed by atoms with Gasteiger partial charge < -0.3 is 4.90 Å². The second-order valence-electron chi connectivity index (χ2n) is 4.89. The Bertz CT molecular complexity index is 656. The maximum atomic E-state index is 11.8. The number of carbonyl (C=O) groups excluding carboxylic acids is 1. The summed E-state index contributed by atoms with van der Waals surface area (Å²) in [5.41, 5.74) is 4.92. The van der Waals surface area contributed by atoms with Crippen LogP contribution in [0.5, 0.6) is 0 Å². The third-order valence-corrected chi connectivity index (χ3v) is 3.63. The van der Waals surface area contributed by atoms with Crippen LogP contribution in [0.15, 0.2) is 53.9 Å². The molecular weight excluding hydrogens is 347 g/mol. The van der Waals surface area contributed by atoms with Crippen LogP contribution in [-0.2, 0) is 0 Å². The zero-order chi connectivity index (χ0) is 17.2. The van der Waals surface area contributed by atoms with Crippen molar-refractivity contribution in [2.45, 2.75) is 0 Å². The normalized spacial score (nSPS) is 10.8. The summed E-state index contributed by atoms with van der Waals surface area (Å²) in [6, 6.07) is 11.1. The quantitative estimate of drug-likeness (QED) is 0.444. The Balaban J connectivity index is 1.94. The Morgan fingerprint density at radius 1 is 1.08 bits per heavy atom. The largest absolute Gasteiger partial charge is 0.369 e. The summed E-state index contributed by atoms with van der Waals surface area (Å²) in [6.07, 6.45) is 4.71. The molecule has 0 aliphatic carbocycles. The van der Waals surface area contributed by atoms with Crippen molar-refractivity contribution in [3.8, 4) is 0 Å². The second kappa shape index (κ2) is 9.90. The Hall–Kier alpha value is -2.11. The molecule has 5 nitrogen and oxygen atoms in total. The zero-order valence-corrected chi connectivity index (χ0v) is 14.5. The molecule has 1 N–H and O–H groups in total. The summed E-state index contributed by atoms with van der Waals surface area (Å²) >= 11 is 11.6. The van der Waals surface area contributed by atoms with Gasteiger partial charge in [0.1, 0.15) is 0 Å². The van der Waals surface area contributed by atoms with Crippen molar-refractivity contribution in [1.82, 2.24) is 10.4 Å². The maximum absolute atomic E-state index is 11.8. The Labute approximate surface area is 151 Å². The highest BCUT2D eigenvalue weighted by Gasteiger charge is 2.05. The molecule has 0 aliphatic heterocycles. The van der Waals surface area contributed by atoms with Crippen LogP contribution in [0.4, 0.5) is 5.69 Å². The fraction of sp³-hybridized carbons (Fsp3) is 0.235. The number of aromatic nitrogens is 1. The first kappa shape index (κ1) is 18.2. The van der Waals surface area contributed by atoms with Gasteiger partial charge in [-0.15, -0.1) is 23.2 Å². The number of halogens is 2. The number of hydrogen-bond acceptors (Lipinski definition) is 4. The summed E-state index contributed by atoms with van der Waals surface area (Å²) in [4.78, 5) is 17.8. The number of rotatable bonds is 8. The Morgan fingerprint density at radius 2 is 1.71 bits per heavy atom. The molecule has 0 aliphatic rings. The van der Waals surface area contributed by atoms with Crippen molar-refractivity contribution in [1.29, 1.82) is 0 Å². The van der Waals surface area contributed by atoms with Gasteiger partial charge in [-0.2, -0.15) is 5.10 Å². The smallest absolute Gasteiger partial charge is 0.271 e. The van der Waals surface area contributed by atoms with E-state index in [0.717, 1.165) is 24.3 Å². The van der Waals surface area contributed by atoms with Gasteiger partial charge in [-0.3, -0.25) is 9.78 Å². The van der Waals surface area contributed by atoms with E-state index in [9.17, 15) is 4.79 Å². The van der Waals surface area contributed by atoms with Crippen LogP contribution in [0.3, 0.4) is 0 Å². The van der Waals surface area contributed by atoms with E-state index in [1.54, 1.807) is 30.7 Å². The molecule has 24 heavy (non-hydrogen) atoms. The van der Waals surface area contributed by atoms with E-state index in [2.05, 4.69) is 20.4 Å². The molecule has 0 saturated carbocycles. The van der Waals surface area contributed by atoms with Crippen LogP contribution in [0.1, 0.15) is 15.9 Å². The molecule has 126 valence electrons. The molecule has 0 spiro atoms. The molecule has 2 aromatic rings. The van der Waals surface area contributed by atoms with Gasteiger partial charge in [0.2, 0.25) is 0 Å². The number of nitrogens with one attached hydrogen (secondary N) is 1. The van der Waals surface area contributed by atoms with Gasteiger partial charge in [-0.25, -0.2) is 5.43 Å². The molecule has 1 aromatic carbocycles. The average molecular weight is 365 g/mol. The van der Waals surface area contributed by atoms with Crippen molar-refractivity contribution < 1.29 is 4.79 Å². The lowest BCUT2D eigenvalue weighted by atomic mass is 10.2. The minimum absolute atomic E-state index is 0.277. The number of amides is 1. The first-order valence-electron chi connectivity index (χ1n) is 7.45. The molecule has 7 heteroatoms. The summed E-state index contributed by atoms with van der Waals surface area (Å²) < 4.78 is 0. The zero-order valence-electron chi connectivity index (χ0n) is 13.0. The Kier molecular flexibility index (Phi) is 7.52. The fourth-order valence-electron chi connectivity index (χ4n) is 2.08. The van der Waals surface area contributed by atoms with Crippen molar-refractivity contribution in [3.63, 3.8) is 0 Å². The molecule has 0 saturated heterocycles. The lowest BCUT2D eigenvalue weighted by molar-refractivity contribution is 0.0955. The molecule has 0 atom stereocenters. The molecule has 1 heterocycles. The summed E-state index contributed by atoms with van der Waals surface area (Å²) in [5.74, 6) is 0.808. The first-order chi connectivity index (χ1) is 11.7. The van der Waals surface area contributed by atoms with E-state index in [4.69, 9.17) is 23.2 Å². The minimum Gasteiger partial charge on any atom is -0.369 e. The van der Waals surface area contributed by atoms with E-state index in [-0.39, 0.29) is 5.91 Å². The highest BCUT2D eigenvalue weighted by Crippen LogP contribution is 2.15.